The average molecular weight is 298 g/mol. The molecule has 0 spiro atoms. The number of aromatic amines is 1. The molecular formula is C20H14N2O. The molecular weight excluding hydrogens is 284 g/mol. The van der Waals surface area contributed by atoms with Crippen LogP contribution in [0.25, 0.3) is 44.7 Å². The number of methoxy groups -OCH3 is 1. The first-order valence-corrected chi connectivity index (χ1v) is 7.62. The van der Waals surface area contributed by atoms with Crippen LogP contribution in [0, 0.1) is 0 Å². The Kier molecular flexibility index (Phi) is 2.42. The van der Waals surface area contributed by atoms with Crippen LogP contribution in [0.3, 0.4) is 0 Å². The molecule has 0 aliphatic heterocycles. The summed E-state index contributed by atoms with van der Waals surface area (Å²) in [6, 6.07) is 20.8. The molecule has 1 N–H and O–H groups in total. The number of nitrogens with zero attached hydrogens (tertiary/aromatic N) is 1. The van der Waals surface area contributed by atoms with Crippen molar-refractivity contribution in [3.05, 3.63) is 60.7 Å². The number of hydrogen-bond donors (Lipinski definition) is 1. The van der Waals surface area contributed by atoms with Crippen molar-refractivity contribution in [2.75, 3.05) is 7.11 Å². The van der Waals surface area contributed by atoms with Gasteiger partial charge in [-0.05, 0) is 29.7 Å². The van der Waals surface area contributed by atoms with Crippen LogP contribution in [0.15, 0.2) is 60.7 Å². The predicted molar refractivity (Wildman–Crippen MR) is 92.5 cm³/mol. The largest absolute Gasteiger partial charge is 0.497 e. The van der Waals surface area contributed by atoms with Crippen LogP contribution in [0.4, 0.5) is 0 Å². The molecule has 0 saturated carbocycles. The Labute approximate surface area is 133 Å². The van der Waals surface area contributed by atoms with Crippen LogP contribution < -0.4 is 4.74 Å². The van der Waals surface area contributed by atoms with Crippen LogP contribution in [0.1, 0.15) is 0 Å². The summed E-state index contributed by atoms with van der Waals surface area (Å²) >= 11 is 0. The Hall–Kier alpha value is -3.07. The highest BCUT2D eigenvalue weighted by atomic mass is 16.5. The summed E-state index contributed by atoms with van der Waals surface area (Å²) < 4.78 is 5.22. The molecule has 0 atom stereocenters. The Balaban J connectivity index is 1.70. The van der Waals surface area contributed by atoms with Gasteiger partial charge in [0.2, 0.25) is 0 Å². The van der Waals surface area contributed by atoms with E-state index in [0.717, 1.165) is 28.5 Å². The summed E-state index contributed by atoms with van der Waals surface area (Å²) in [5.74, 6) is 1.74. The molecule has 0 amide bonds. The van der Waals surface area contributed by atoms with Gasteiger partial charge in [0.15, 0.2) is 0 Å². The van der Waals surface area contributed by atoms with Gasteiger partial charge in [0, 0.05) is 22.1 Å². The number of aromatic nitrogens is 2. The molecule has 1 aliphatic carbocycles. The van der Waals surface area contributed by atoms with Gasteiger partial charge in [-0.3, -0.25) is 0 Å². The van der Waals surface area contributed by atoms with Gasteiger partial charge in [0.05, 0.1) is 18.5 Å². The van der Waals surface area contributed by atoms with Gasteiger partial charge in [-0.1, -0.05) is 36.4 Å². The highest BCUT2D eigenvalue weighted by Crippen LogP contribution is 2.46. The average Bonchev–Trinajstić information content (AvgIpc) is 3.16. The van der Waals surface area contributed by atoms with E-state index >= 15 is 0 Å². The smallest absolute Gasteiger partial charge is 0.138 e. The van der Waals surface area contributed by atoms with Crippen molar-refractivity contribution in [2.24, 2.45) is 0 Å². The van der Waals surface area contributed by atoms with E-state index in [4.69, 9.17) is 9.72 Å². The molecule has 0 fully saturated rings. The van der Waals surface area contributed by atoms with Crippen molar-refractivity contribution in [3.8, 4) is 39.7 Å². The Morgan fingerprint density at radius 1 is 0.870 bits per heavy atom. The minimum Gasteiger partial charge on any atom is -0.497 e. The van der Waals surface area contributed by atoms with E-state index in [-0.39, 0.29) is 0 Å². The molecule has 0 saturated heterocycles. The molecule has 0 unspecified atom stereocenters. The number of fused-ring (bicyclic) bond motifs is 3. The first kappa shape index (κ1) is 12.5. The van der Waals surface area contributed by atoms with Crippen molar-refractivity contribution in [1.29, 1.82) is 0 Å². The standard InChI is InChI=1S/C20H14N2O/c1-23-14-10-8-13(9-11-14)20-21-18-15-6-2-4-12-5-3-7-16(17(12)15)19(18)22-20/h2-11H,1H3,(H,21,22). The summed E-state index contributed by atoms with van der Waals surface area (Å²) in [5.41, 5.74) is 5.67. The number of H-pyrrole nitrogens is 1. The Morgan fingerprint density at radius 3 is 2.35 bits per heavy atom. The highest BCUT2D eigenvalue weighted by Gasteiger charge is 2.25. The Morgan fingerprint density at radius 2 is 1.61 bits per heavy atom. The number of rotatable bonds is 2. The van der Waals surface area contributed by atoms with E-state index in [9.17, 15) is 0 Å². The van der Waals surface area contributed by atoms with Gasteiger partial charge < -0.3 is 9.72 Å². The summed E-state index contributed by atoms with van der Waals surface area (Å²) in [7, 11) is 1.67. The van der Waals surface area contributed by atoms with E-state index in [1.807, 2.05) is 24.3 Å². The normalized spacial score (nSPS) is 11.7. The van der Waals surface area contributed by atoms with Crippen LogP contribution in [-0.2, 0) is 0 Å². The van der Waals surface area contributed by atoms with E-state index in [1.54, 1.807) is 7.11 Å². The van der Waals surface area contributed by atoms with Gasteiger partial charge in [0.1, 0.15) is 11.6 Å². The second-order valence-corrected chi connectivity index (χ2v) is 5.75. The fourth-order valence-electron chi connectivity index (χ4n) is 3.40. The first-order valence-electron chi connectivity index (χ1n) is 7.62. The van der Waals surface area contributed by atoms with E-state index in [2.05, 4.69) is 41.4 Å². The SMILES string of the molecule is COc1ccc(-c2nc3c([nH]2)-c2cccc4cccc-3c24)cc1. The maximum Gasteiger partial charge on any atom is 0.138 e. The van der Waals surface area contributed by atoms with E-state index in [1.165, 1.54) is 21.9 Å². The lowest BCUT2D eigenvalue weighted by atomic mass is 10.0. The molecule has 4 aromatic rings. The second kappa shape index (κ2) is 4.46. The van der Waals surface area contributed by atoms with Gasteiger partial charge >= 0.3 is 0 Å². The van der Waals surface area contributed by atoms with Crippen molar-refractivity contribution < 1.29 is 4.74 Å². The van der Waals surface area contributed by atoms with Crippen molar-refractivity contribution in [1.82, 2.24) is 9.97 Å². The molecule has 3 heteroatoms. The minimum atomic E-state index is 0.850. The molecule has 3 nitrogen and oxygen atoms in total. The van der Waals surface area contributed by atoms with Gasteiger partial charge in [-0.2, -0.15) is 0 Å². The molecule has 0 bridgehead atoms. The first-order chi connectivity index (χ1) is 11.3. The second-order valence-electron chi connectivity index (χ2n) is 5.75. The molecule has 3 aromatic carbocycles. The monoisotopic (exact) mass is 298 g/mol. The van der Waals surface area contributed by atoms with Crippen LogP contribution in [-0.4, -0.2) is 17.1 Å². The van der Waals surface area contributed by atoms with E-state index in [0.29, 0.717) is 0 Å². The molecule has 23 heavy (non-hydrogen) atoms. The number of imidazole rings is 1. The molecule has 0 radical (unpaired) electrons. The number of benzene rings is 3. The third kappa shape index (κ3) is 1.67. The van der Waals surface area contributed by atoms with Crippen molar-refractivity contribution in [3.63, 3.8) is 0 Å². The topological polar surface area (TPSA) is 37.9 Å². The summed E-state index contributed by atoms with van der Waals surface area (Å²) in [4.78, 5) is 8.36. The molecule has 1 aliphatic rings. The van der Waals surface area contributed by atoms with Crippen LogP contribution in [0.5, 0.6) is 5.75 Å². The van der Waals surface area contributed by atoms with Crippen LogP contribution in [0.2, 0.25) is 0 Å². The maximum atomic E-state index is 5.22. The fourth-order valence-corrected chi connectivity index (χ4v) is 3.40. The van der Waals surface area contributed by atoms with Crippen molar-refractivity contribution in [2.45, 2.75) is 0 Å². The summed E-state index contributed by atoms with van der Waals surface area (Å²) in [6.45, 7) is 0. The third-order valence-electron chi connectivity index (χ3n) is 4.50. The number of ether oxygens (including phenoxy) is 1. The zero-order valence-electron chi connectivity index (χ0n) is 12.6. The van der Waals surface area contributed by atoms with Gasteiger partial charge in [0.25, 0.3) is 0 Å². The molecule has 110 valence electrons. The lowest BCUT2D eigenvalue weighted by Crippen LogP contribution is -1.85. The summed E-state index contributed by atoms with van der Waals surface area (Å²) in [6.07, 6.45) is 0. The predicted octanol–water partition coefficient (Wildman–Crippen LogP) is 4.89. The van der Waals surface area contributed by atoms with Gasteiger partial charge in [-0.15, -0.1) is 0 Å². The molecule has 5 rings (SSSR count). The zero-order valence-corrected chi connectivity index (χ0v) is 12.6. The molecule has 1 aromatic heterocycles. The van der Waals surface area contributed by atoms with Gasteiger partial charge in [-0.25, -0.2) is 4.98 Å². The zero-order chi connectivity index (χ0) is 15.4. The lowest BCUT2D eigenvalue weighted by molar-refractivity contribution is 0.415. The van der Waals surface area contributed by atoms with E-state index < -0.39 is 0 Å². The fraction of sp³-hybridized carbons (Fsp3) is 0.0500. The Bertz CT molecular complexity index is 989. The quantitative estimate of drug-likeness (QED) is 0.504. The summed E-state index contributed by atoms with van der Waals surface area (Å²) in [5, 5.41) is 2.56. The highest BCUT2D eigenvalue weighted by molar-refractivity contribution is 6.13. The molecule has 1 heterocycles. The minimum absolute atomic E-state index is 0.850. The van der Waals surface area contributed by atoms with Crippen LogP contribution >= 0.6 is 0 Å². The maximum absolute atomic E-state index is 5.22. The lowest BCUT2D eigenvalue weighted by Gasteiger charge is -2.03. The number of hydrogen-bond acceptors (Lipinski definition) is 2. The van der Waals surface area contributed by atoms with Crippen molar-refractivity contribution >= 4 is 10.8 Å². The number of nitrogens with one attached hydrogen (secondary N) is 1. The third-order valence-corrected chi connectivity index (χ3v) is 4.50.